The number of H-pyrrole nitrogens is 1. The van der Waals surface area contributed by atoms with Crippen molar-refractivity contribution in [2.75, 3.05) is 0 Å². The van der Waals surface area contributed by atoms with Crippen LogP contribution in [0.5, 0.6) is 0 Å². The highest BCUT2D eigenvalue weighted by atomic mass is 16.3. The Morgan fingerprint density at radius 2 is 2.33 bits per heavy atom. The van der Waals surface area contributed by atoms with Gasteiger partial charge in [-0.2, -0.15) is 10.3 Å². The number of hydrogen-bond donors (Lipinski definition) is 2. The number of aromatic amines is 1. The van der Waals surface area contributed by atoms with E-state index < -0.39 is 6.10 Å². The van der Waals surface area contributed by atoms with Crippen molar-refractivity contribution >= 4 is 11.2 Å². The second-order valence-corrected chi connectivity index (χ2v) is 2.61. The lowest BCUT2D eigenvalue weighted by atomic mass is 10.2. The largest absolute Gasteiger partial charge is 0.389 e. The zero-order valence-electron chi connectivity index (χ0n) is 6.52. The molecule has 0 bridgehead atoms. The van der Waals surface area contributed by atoms with E-state index in [4.69, 9.17) is 0 Å². The number of pyridine rings is 1. The van der Waals surface area contributed by atoms with Crippen molar-refractivity contribution in [3.63, 3.8) is 0 Å². The molecule has 2 N–H and O–H groups in total. The Balaban J connectivity index is 2.60. The molecule has 5 nitrogen and oxygen atoms in total. The third-order valence-corrected chi connectivity index (χ3v) is 1.68. The molecular formula is C7H8N4O. The zero-order valence-corrected chi connectivity index (χ0v) is 6.52. The molecule has 0 saturated heterocycles. The van der Waals surface area contributed by atoms with E-state index in [0.29, 0.717) is 11.2 Å². The fourth-order valence-electron chi connectivity index (χ4n) is 0.985. The van der Waals surface area contributed by atoms with Crippen molar-refractivity contribution in [3.8, 4) is 0 Å². The van der Waals surface area contributed by atoms with Crippen LogP contribution < -0.4 is 0 Å². The predicted molar refractivity (Wildman–Crippen MR) is 42.3 cm³/mol. The fraction of sp³-hybridized carbons (Fsp3) is 0.286. The molecule has 2 aromatic rings. The normalized spacial score (nSPS) is 13.5. The Morgan fingerprint density at radius 3 is 3.08 bits per heavy atom. The van der Waals surface area contributed by atoms with Gasteiger partial charge in [-0.25, -0.2) is 4.98 Å². The summed E-state index contributed by atoms with van der Waals surface area (Å²) in [6, 6.07) is 1.76. The number of nitrogens with one attached hydrogen (secondary N) is 1. The molecule has 0 radical (unpaired) electrons. The summed E-state index contributed by atoms with van der Waals surface area (Å²) >= 11 is 0. The Bertz CT molecular complexity index is 395. The Hall–Kier alpha value is -1.49. The molecule has 12 heavy (non-hydrogen) atoms. The first-order valence-electron chi connectivity index (χ1n) is 3.62. The summed E-state index contributed by atoms with van der Waals surface area (Å²) in [7, 11) is 0. The number of hydrogen-bond acceptors (Lipinski definition) is 4. The van der Waals surface area contributed by atoms with Gasteiger partial charge >= 0.3 is 0 Å². The number of nitrogens with zero attached hydrogens (tertiary/aromatic N) is 3. The van der Waals surface area contributed by atoms with Crippen molar-refractivity contribution in [3.05, 3.63) is 17.8 Å². The molecule has 2 heterocycles. The molecular weight excluding hydrogens is 156 g/mol. The molecule has 0 aliphatic rings. The molecule has 0 unspecified atom stereocenters. The SMILES string of the molecule is C[C@H](O)c1cnc2n[nH]nc2c1. The number of aliphatic hydroxyl groups excluding tert-OH is 1. The summed E-state index contributed by atoms with van der Waals surface area (Å²) < 4.78 is 0. The first-order chi connectivity index (χ1) is 5.77. The van der Waals surface area contributed by atoms with Crippen LogP contribution in [0.15, 0.2) is 12.3 Å². The van der Waals surface area contributed by atoms with Crippen LogP contribution in [-0.2, 0) is 0 Å². The van der Waals surface area contributed by atoms with Crippen LogP contribution in [0.4, 0.5) is 0 Å². The average molecular weight is 164 g/mol. The smallest absolute Gasteiger partial charge is 0.201 e. The second kappa shape index (κ2) is 2.53. The van der Waals surface area contributed by atoms with E-state index in [1.807, 2.05) is 0 Å². The van der Waals surface area contributed by atoms with Crippen molar-refractivity contribution < 1.29 is 5.11 Å². The summed E-state index contributed by atoms with van der Waals surface area (Å²) in [5.74, 6) is 0. The highest BCUT2D eigenvalue weighted by Crippen LogP contribution is 2.13. The number of fused-ring (bicyclic) bond motifs is 1. The van der Waals surface area contributed by atoms with Crippen LogP contribution in [0.25, 0.3) is 11.2 Å². The van der Waals surface area contributed by atoms with Crippen molar-refractivity contribution in [1.82, 2.24) is 20.4 Å². The van der Waals surface area contributed by atoms with Gasteiger partial charge in [-0.1, -0.05) is 0 Å². The maximum Gasteiger partial charge on any atom is 0.201 e. The van der Waals surface area contributed by atoms with Gasteiger partial charge in [0, 0.05) is 11.8 Å². The van der Waals surface area contributed by atoms with Crippen LogP contribution in [-0.4, -0.2) is 25.5 Å². The van der Waals surface area contributed by atoms with Crippen LogP contribution in [0.1, 0.15) is 18.6 Å². The number of aromatic nitrogens is 4. The minimum Gasteiger partial charge on any atom is -0.389 e. The molecule has 0 aliphatic heterocycles. The number of rotatable bonds is 1. The minimum absolute atomic E-state index is 0.515. The standard InChI is InChI=1S/C7H8N4O/c1-4(12)5-2-6-7(8-3-5)10-11-9-6/h2-4,12H,1H3,(H,8,9,10,11)/t4-/m0/s1. The molecule has 0 fully saturated rings. The highest BCUT2D eigenvalue weighted by molar-refractivity contribution is 5.69. The molecule has 0 amide bonds. The summed E-state index contributed by atoms with van der Waals surface area (Å²) in [4.78, 5) is 4.00. The van der Waals surface area contributed by atoms with E-state index in [-0.39, 0.29) is 0 Å². The van der Waals surface area contributed by atoms with Gasteiger partial charge in [-0.15, -0.1) is 5.10 Å². The summed E-state index contributed by atoms with van der Waals surface area (Å²) in [5.41, 5.74) is 1.99. The van der Waals surface area contributed by atoms with E-state index >= 15 is 0 Å². The van der Waals surface area contributed by atoms with Crippen molar-refractivity contribution in [1.29, 1.82) is 0 Å². The lowest BCUT2D eigenvalue weighted by Crippen LogP contribution is -1.91. The lowest BCUT2D eigenvalue weighted by molar-refractivity contribution is 0.199. The van der Waals surface area contributed by atoms with Gasteiger partial charge in [0.25, 0.3) is 0 Å². The summed E-state index contributed by atoms with van der Waals surface area (Å²) in [6.45, 7) is 1.68. The van der Waals surface area contributed by atoms with E-state index in [1.165, 1.54) is 0 Å². The summed E-state index contributed by atoms with van der Waals surface area (Å²) in [5, 5.41) is 19.3. The van der Waals surface area contributed by atoms with Crippen LogP contribution in [0.2, 0.25) is 0 Å². The molecule has 62 valence electrons. The molecule has 2 aromatic heterocycles. The van der Waals surface area contributed by atoms with Gasteiger partial charge in [0.05, 0.1) is 6.10 Å². The van der Waals surface area contributed by atoms with Gasteiger partial charge in [0.1, 0.15) is 5.52 Å². The van der Waals surface area contributed by atoms with E-state index in [0.717, 1.165) is 5.56 Å². The average Bonchev–Trinajstić information content (AvgIpc) is 2.49. The Kier molecular flexibility index (Phi) is 1.51. The molecule has 0 saturated carbocycles. The molecule has 0 spiro atoms. The maximum absolute atomic E-state index is 9.22. The quantitative estimate of drug-likeness (QED) is 0.640. The maximum atomic E-state index is 9.22. The number of aliphatic hydroxyl groups is 1. The first kappa shape index (κ1) is 7.17. The van der Waals surface area contributed by atoms with Crippen LogP contribution in [0.3, 0.4) is 0 Å². The minimum atomic E-state index is -0.515. The molecule has 0 aromatic carbocycles. The van der Waals surface area contributed by atoms with Crippen molar-refractivity contribution in [2.45, 2.75) is 13.0 Å². The molecule has 1 atom stereocenters. The highest BCUT2D eigenvalue weighted by Gasteiger charge is 2.04. The second-order valence-electron chi connectivity index (χ2n) is 2.61. The van der Waals surface area contributed by atoms with Crippen LogP contribution >= 0.6 is 0 Å². The predicted octanol–water partition coefficient (Wildman–Crippen LogP) is 0.406. The lowest BCUT2D eigenvalue weighted by Gasteiger charge is -2.01. The third-order valence-electron chi connectivity index (χ3n) is 1.68. The zero-order chi connectivity index (χ0) is 8.55. The first-order valence-corrected chi connectivity index (χ1v) is 3.62. The Labute approximate surface area is 68.4 Å². The monoisotopic (exact) mass is 164 g/mol. The fourth-order valence-corrected chi connectivity index (χ4v) is 0.985. The topological polar surface area (TPSA) is 74.7 Å². The van der Waals surface area contributed by atoms with Gasteiger partial charge in [0.15, 0.2) is 0 Å². The van der Waals surface area contributed by atoms with Gasteiger partial charge in [-0.3, -0.25) is 0 Å². The molecule has 2 rings (SSSR count). The summed E-state index contributed by atoms with van der Waals surface area (Å²) in [6.07, 6.45) is 1.08. The van der Waals surface area contributed by atoms with Gasteiger partial charge in [-0.05, 0) is 13.0 Å². The van der Waals surface area contributed by atoms with Gasteiger partial charge < -0.3 is 5.11 Å². The third kappa shape index (κ3) is 1.04. The Morgan fingerprint density at radius 1 is 1.50 bits per heavy atom. The van der Waals surface area contributed by atoms with Crippen LogP contribution in [0, 0.1) is 0 Å². The molecule has 5 heteroatoms. The van der Waals surface area contributed by atoms with E-state index in [1.54, 1.807) is 19.2 Å². The van der Waals surface area contributed by atoms with Crippen molar-refractivity contribution in [2.24, 2.45) is 0 Å². The van der Waals surface area contributed by atoms with Gasteiger partial charge in [0.2, 0.25) is 5.65 Å². The van der Waals surface area contributed by atoms with E-state index in [9.17, 15) is 5.11 Å². The van der Waals surface area contributed by atoms with E-state index in [2.05, 4.69) is 20.4 Å². The molecule has 0 aliphatic carbocycles.